The SMILES string of the molecule is CCOc1ccc(Cl)cc1S(=O)(=O)N1CCC(C(=O)Nc2ccc(OC)c(Cl)c2)CC1. The summed E-state index contributed by atoms with van der Waals surface area (Å²) < 4.78 is 38.3. The molecule has 0 radical (unpaired) electrons. The summed E-state index contributed by atoms with van der Waals surface area (Å²) in [5, 5.41) is 3.55. The van der Waals surface area contributed by atoms with E-state index >= 15 is 0 Å². The Morgan fingerprint density at radius 2 is 1.81 bits per heavy atom. The van der Waals surface area contributed by atoms with Gasteiger partial charge in [0.15, 0.2) is 0 Å². The molecule has 0 aliphatic carbocycles. The van der Waals surface area contributed by atoms with Crippen molar-refractivity contribution in [3.8, 4) is 11.5 Å². The molecule has 1 aliphatic heterocycles. The van der Waals surface area contributed by atoms with Crippen molar-refractivity contribution in [2.45, 2.75) is 24.7 Å². The van der Waals surface area contributed by atoms with Gasteiger partial charge >= 0.3 is 0 Å². The molecule has 1 N–H and O–H groups in total. The molecule has 1 amide bonds. The zero-order valence-electron chi connectivity index (χ0n) is 17.2. The fourth-order valence-corrected chi connectivity index (χ4v) is 5.57. The number of sulfonamides is 1. The standard InChI is InChI=1S/C21H24Cl2N2O5S/c1-3-30-19-6-4-15(22)12-20(19)31(27,28)25-10-8-14(9-11-25)21(26)24-16-5-7-18(29-2)17(23)13-16/h4-7,12-14H,3,8-11H2,1-2H3,(H,24,26). The van der Waals surface area contributed by atoms with Crippen LogP contribution in [0.15, 0.2) is 41.3 Å². The van der Waals surface area contributed by atoms with Crippen LogP contribution in [0.25, 0.3) is 0 Å². The highest BCUT2D eigenvalue weighted by molar-refractivity contribution is 7.89. The molecule has 0 saturated carbocycles. The van der Waals surface area contributed by atoms with Crippen molar-refractivity contribution in [1.29, 1.82) is 0 Å². The number of halogens is 2. The summed E-state index contributed by atoms with van der Waals surface area (Å²) >= 11 is 12.1. The monoisotopic (exact) mass is 486 g/mol. The summed E-state index contributed by atoms with van der Waals surface area (Å²) in [6.45, 7) is 2.57. The molecule has 2 aromatic carbocycles. The van der Waals surface area contributed by atoms with E-state index in [4.69, 9.17) is 32.7 Å². The van der Waals surface area contributed by atoms with E-state index in [9.17, 15) is 13.2 Å². The Morgan fingerprint density at radius 3 is 2.42 bits per heavy atom. The zero-order valence-corrected chi connectivity index (χ0v) is 19.6. The molecule has 1 saturated heterocycles. The second-order valence-corrected chi connectivity index (χ2v) is 9.79. The molecule has 2 aromatic rings. The van der Waals surface area contributed by atoms with Gasteiger partial charge in [0.25, 0.3) is 0 Å². The molecular weight excluding hydrogens is 463 g/mol. The summed E-state index contributed by atoms with van der Waals surface area (Å²) in [7, 11) is -2.28. The predicted octanol–water partition coefficient (Wildman–Crippen LogP) is 4.44. The van der Waals surface area contributed by atoms with Crippen LogP contribution in [0.2, 0.25) is 10.0 Å². The number of hydrogen-bond acceptors (Lipinski definition) is 5. The highest BCUT2D eigenvalue weighted by Crippen LogP contribution is 2.33. The van der Waals surface area contributed by atoms with Gasteiger partial charge in [-0.15, -0.1) is 0 Å². The van der Waals surface area contributed by atoms with Crippen LogP contribution in [0.5, 0.6) is 11.5 Å². The van der Waals surface area contributed by atoms with E-state index in [1.165, 1.54) is 17.5 Å². The molecule has 1 heterocycles. The molecule has 10 heteroatoms. The van der Waals surface area contributed by atoms with Gasteiger partial charge in [-0.2, -0.15) is 4.31 Å². The molecule has 1 aliphatic rings. The fourth-order valence-electron chi connectivity index (χ4n) is 3.44. The van der Waals surface area contributed by atoms with Crippen LogP contribution < -0.4 is 14.8 Å². The number of carbonyl (C=O) groups is 1. The van der Waals surface area contributed by atoms with E-state index < -0.39 is 10.0 Å². The number of nitrogens with zero attached hydrogens (tertiary/aromatic N) is 1. The lowest BCUT2D eigenvalue weighted by Gasteiger charge is -2.31. The van der Waals surface area contributed by atoms with Gasteiger partial charge < -0.3 is 14.8 Å². The first kappa shape index (κ1) is 23.7. The van der Waals surface area contributed by atoms with Gasteiger partial charge in [0.1, 0.15) is 16.4 Å². The Labute approximate surface area is 192 Å². The van der Waals surface area contributed by atoms with Gasteiger partial charge in [-0.1, -0.05) is 23.2 Å². The van der Waals surface area contributed by atoms with Crippen LogP contribution in [-0.2, 0) is 14.8 Å². The van der Waals surface area contributed by atoms with Crippen molar-refractivity contribution in [2.24, 2.45) is 5.92 Å². The number of rotatable bonds is 7. The summed E-state index contributed by atoms with van der Waals surface area (Å²) in [5.41, 5.74) is 0.561. The number of carbonyl (C=O) groups excluding carboxylic acids is 1. The Kier molecular flexibility index (Phi) is 7.69. The molecule has 7 nitrogen and oxygen atoms in total. The summed E-state index contributed by atoms with van der Waals surface area (Å²) in [6, 6.07) is 9.54. The zero-order chi connectivity index (χ0) is 22.6. The Hall–Kier alpha value is -2.00. The van der Waals surface area contributed by atoms with E-state index in [1.807, 2.05) is 0 Å². The molecule has 0 atom stereocenters. The van der Waals surface area contributed by atoms with Gasteiger partial charge in [0.05, 0.1) is 18.7 Å². The average Bonchev–Trinajstić information content (AvgIpc) is 2.75. The summed E-state index contributed by atoms with van der Waals surface area (Å²) in [6.07, 6.45) is 0.805. The minimum absolute atomic E-state index is 0.0395. The van der Waals surface area contributed by atoms with Gasteiger partial charge in [-0.05, 0) is 56.2 Å². The topological polar surface area (TPSA) is 84.9 Å². The molecule has 0 aromatic heterocycles. The highest BCUT2D eigenvalue weighted by atomic mass is 35.5. The number of amides is 1. The molecule has 3 rings (SSSR count). The van der Waals surface area contributed by atoms with E-state index in [1.54, 1.807) is 37.3 Å². The first-order chi connectivity index (χ1) is 14.8. The van der Waals surface area contributed by atoms with Crippen molar-refractivity contribution in [1.82, 2.24) is 4.31 Å². The maximum atomic E-state index is 13.2. The van der Waals surface area contributed by atoms with Crippen molar-refractivity contribution >= 4 is 44.8 Å². The number of anilines is 1. The number of hydrogen-bond donors (Lipinski definition) is 1. The van der Waals surface area contributed by atoms with E-state index in [0.717, 1.165) is 0 Å². The number of nitrogens with one attached hydrogen (secondary N) is 1. The second kappa shape index (κ2) is 10.1. The number of benzene rings is 2. The lowest BCUT2D eigenvalue weighted by atomic mass is 9.97. The minimum Gasteiger partial charge on any atom is -0.495 e. The van der Waals surface area contributed by atoms with Crippen molar-refractivity contribution in [3.63, 3.8) is 0 Å². The Bertz CT molecular complexity index is 1050. The van der Waals surface area contributed by atoms with Crippen LogP contribution >= 0.6 is 23.2 Å². The average molecular weight is 487 g/mol. The molecule has 168 valence electrons. The van der Waals surface area contributed by atoms with Crippen molar-refractivity contribution in [2.75, 3.05) is 32.1 Å². The van der Waals surface area contributed by atoms with Crippen molar-refractivity contribution < 1.29 is 22.7 Å². The third kappa shape index (κ3) is 5.44. The third-order valence-electron chi connectivity index (χ3n) is 5.07. The van der Waals surface area contributed by atoms with Crippen molar-refractivity contribution in [3.05, 3.63) is 46.4 Å². The largest absolute Gasteiger partial charge is 0.495 e. The maximum Gasteiger partial charge on any atom is 0.246 e. The predicted molar refractivity (Wildman–Crippen MR) is 121 cm³/mol. The maximum absolute atomic E-state index is 13.2. The Morgan fingerprint density at radius 1 is 1.13 bits per heavy atom. The number of methoxy groups -OCH3 is 1. The van der Waals surface area contributed by atoms with Gasteiger partial charge in [0, 0.05) is 29.7 Å². The fraction of sp³-hybridized carbons (Fsp3) is 0.381. The van der Waals surface area contributed by atoms with E-state index in [2.05, 4.69) is 5.32 Å². The molecule has 0 spiro atoms. The number of ether oxygens (including phenoxy) is 2. The summed E-state index contributed by atoms with van der Waals surface area (Å²) in [4.78, 5) is 12.7. The van der Waals surface area contributed by atoms with E-state index in [-0.39, 0.29) is 35.6 Å². The Balaban J connectivity index is 1.67. The van der Waals surface area contributed by atoms with E-state index in [0.29, 0.717) is 40.9 Å². The second-order valence-electron chi connectivity index (χ2n) is 7.04. The molecule has 1 fully saturated rings. The normalized spacial score (nSPS) is 15.5. The first-order valence-electron chi connectivity index (χ1n) is 9.83. The minimum atomic E-state index is -3.80. The van der Waals surface area contributed by atoms with Gasteiger partial charge in [-0.25, -0.2) is 8.42 Å². The van der Waals surface area contributed by atoms with Crippen LogP contribution in [-0.4, -0.2) is 45.4 Å². The van der Waals surface area contributed by atoms with Gasteiger partial charge in [0.2, 0.25) is 15.9 Å². The lowest BCUT2D eigenvalue weighted by Crippen LogP contribution is -2.41. The molecule has 0 bridgehead atoms. The number of piperidine rings is 1. The van der Waals surface area contributed by atoms with Crippen LogP contribution in [0.3, 0.4) is 0 Å². The smallest absolute Gasteiger partial charge is 0.246 e. The lowest BCUT2D eigenvalue weighted by molar-refractivity contribution is -0.120. The molecule has 0 unspecified atom stereocenters. The quantitative estimate of drug-likeness (QED) is 0.624. The van der Waals surface area contributed by atoms with Crippen LogP contribution in [0.4, 0.5) is 5.69 Å². The summed E-state index contributed by atoms with van der Waals surface area (Å²) in [5.74, 6) is 0.308. The molecular formula is C21H24Cl2N2O5S. The molecule has 31 heavy (non-hydrogen) atoms. The van der Waals surface area contributed by atoms with Gasteiger partial charge in [-0.3, -0.25) is 4.79 Å². The van der Waals surface area contributed by atoms with Crippen LogP contribution in [0.1, 0.15) is 19.8 Å². The van der Waals surface area contributed by atoms with Crippen LogP contribution in [0, 0.1) is 5.92 Å². The first-order valence-corrected chi connectivity index (χ1v) is 12.0. The highest BCUT2D eigenvalue weighted by Gasteiger charge is 2.34. The third-order valence-corrected chi connectivity index (χ3v) is 7.52.